The number of aryl methyl sites for hydroxylation is 1. The zero-order chi connectivity index (χ0) is 20.0. The van der Waals surface area contributed by atoms with E-state index in [-0.39, 0.29) is 0 Å². The number of hydrogen-bond donors (Lipinski definition) is 2. The molecule has 0 aliphatic carbocycles. The summed E-state index contributed by atoms with van der Waals surface area (Å²) < 4.78 is 31.5. The van der Waals surface area contributed by atoms with E-state index in [9.17, 15) is 8.42 Å². The Hall–Kier alpha value is -1.76. The number of thiophene rings is 1. The lowest BCUT2D eigenvalue weighted by atomic mass is 10.3. The molecule has 1 fully saturated rings. The van der Waals surface area contributed by atoms with E-state index < -0.39 is 10.0 Å². The number of anilines is 1. The van der Waals surface area contributed by atoms with Crippen molar-refractivity contribution in [2.45, 2.75) is 17.6 Å². The van der Waals surface area contributed by atoms with Gasteiger partial charge >= 0.3 is 0 Å². The third-order valence-electron chi connectivity index (χ3n) is 4.30. The number of nitrogens with one attached hydrogen (secondary N) is 2. The molecule has 0 spiro atoms. The van der Waals surface area contributed by atoms with Crippen molar-refractivity contribution in [3.63, 3.8) is 0 Å². The summed E-state index contributed by atoms with van der Waals surface area (Å²) in [4.78, 5) is 13.3. The van der Waals surface area contributed by atoms with Crippen LogP contribution in [0.25, 0.3) is 0 Å². The summed E-state index contributed by atoms with van der Waals surface area (Å²) in [5, 5.41) is 5.96. The smallest absolute Gasteiger partial charge is 0.250 e. The quantitative estimate of drug-likeness (QED) is 0.371. The highest BCUT2D eigenvalue weighted by Gasteiger charge is 2.22. The first-order valence-electron chi connectivity index (χ1n) is 9.09. The van der Waals surface area contributed by atoms with Crippen LogP contribution in [-0.2, 0) is 16.4 Å². The first-order chi connectivity index (χ1) is 13.5. The molecule has 154 valence electrons. The summed E-state index contributed by atoms with van der Waals surface area (Å²) in [6.45, 7) is 6.16. The van der Waals surface area contributed by atoms with Crippen LogP contribution in [0.2, 0.25) is 0 Å². The first-order valence-corrected chi connectivity index (χ1v) is 12.2. The van der Waals surface area contributed by atoms with Crippen molar-refractivity contribution in [1.82, 2.24) is 24.3 Å². The monoisotopic (exact) mass is 443 g/mol. The van der Waals surface area contributed by atoms with Gasteiger partial charge in [-0.25, -0.2) is 18.1 Å². The van der Waals surface area contributed by atoms with Crippen LogP contribution in [0.3, 0.4) is 0 Å². The number of hydrogen-bond acceptors (Lipinski definition) is 8. The van der Waals surface area contributed by atoms with Crippen LogP contribution >= 0.6 is 22.9 Å². The van der Waals surface area contributed by atoms with Gasteiger partial charge in [0, 0.05) is 64.3 Å². The Kier molecular flexibility index (Phi) is 7.21. The molecule has 3 rings (SSSR count). The molecule has 3 heterocycles. The Morgan fingerprint density at radius 1 is 1.29 bits per heavy atom. The maximum absolute atomic E-state index is 12.1. The minimum Gasteiger partial charge on any atom is -0.355 e. The minimum atomic E-state index is -3.43. The maximum atomic E-state index is 12.1. The van der Waals surface area contributed by atoms with Crippen molar-refractivity contribution in [2.75, 3.05) is 51.2 Å². The second-order valence-corrected chi connectivity index (χ2v) is 9.80. The number of sulfonamides is 1. The van der Waals surface area contributed by atoms with E-state index in [4.69, 9.17) is 0 Å². The Labute approximate surface area is 173 Å². The average Bonchev–Trinajstić information content (AvgIpc) is 3.40. The van der Waals surface area contributed by atoms with Crippen molar-refractivity contribution in [3.05, 3.63) is 23.3 Å². The zero-order valence-electron chi connectivity index (χ0n) is 16.0. The second-order valence-electron chi connectivity index (χ2n) is 6.12. The molecular weight excluding hydrogens is 418 g/mol. The lowest BCUT2D eigenvalue weighted by Crippen LogP contribution is -2.53. The van der Waals surface area contributed by atoms with Crippen molar-refractivity contribution >= 4 is 44.0 Å². The molecule has 2 aromatic rings. The Morgan fingerprint density at radius 3 is 2.68 bits per heavy atom. The maximum Gasteiger partial charge on any atom is 0.250 e. The van der Waals surface area contributed by atoms with Crippen molar-refractivity contribution in [1.29, 1.82) is 0 Å². The number of guanidine groups is 1. The van der Waals surface area contributed by atoms with Gasteiger partial charge in [-0.15, -0.1) is 11.3 Å². The molecular formula is C16H25N7O2S3. The SMILES string of the molecule is CCc1nsc(N2CCN(C(=NC)NCCNS(=O)(=O)c3cccs3)CC2)n1. The second kappa shape index (κ2) is 9.63. The Bertz CT molecular complexity index is 872. The highest BCUT2D eigenvalue weighted by atomic mass is 32.2. The van der Waals surface area contributed by atoms with E-state index in [1.807, 2.05) is 0 Å². The van der Waals surface area contributed by atoms with Crippen LogP contribution in [0.5, 0.6) is 0 Å². The summed E-state index contributed by atoms with van der Waals surface area (Å²) in [7, 11) is -1.69. The van der Waals surface area contributed by atoms with Gasteiger partial charge in [-0.05, 0) is 11.4 Å². The number of aromatic nitrogens is 2. The summed E-state index contributed by atoms with van der Waals surface area (Å²) in [6.07, 6.45) is 0.850. The molecule has 0 unspecified atom stereocenters. The van der Waals surface area contributed by atoms with Crippen LogP contribution in [0.15, 0.2) is 26.7 Å². The standard InChI is InChI=1S/C16H25N7O2S3/c1-3-13-20-16(27-21-13)23-10-8-22(9-11-23)15(17-2)18-6-7-19-28(24,25)14-5-4-12-26-14/h4-5,12,19H,3,6-11H2,1-2H3,(H,17,18). The molecule has 28 heavy (non-hydrogen) atoms. The fourth-order valence-corrected chi connectivity index (χ4v) is 5.68. The van der Waals surface area contributed by atoms with Crippen molar-refractivity contribution in [3.8, 4) is 0 Å². The first kappa shape index (κ1) is 21.0. The predicted molar refractivity (Wildman–Crippen MR) is 114 cm³/mol. The molecule has 1 aliphatic rings. The van der Waals surface area contributed by atoms with Gasteiger partial charge in [-0.2, -0.15) is 4.37 Å². The number of aliphatic imine (C=N–C) groups is 1. The van der Waals surface area contributed by atoms with E-state index >= 15 is 0 Å². The van der Waals surface area contributed by atoms with E-state index in [2.05, 4.69) is 41.1 Å². The predicted octanol–water partition coefficient (Wildman–Crippen LogP) is 0.838. The van der Waals surface area contributed by atoms with Gasteiger partial charge in [0.2, 0.25) is 15.2 Å². The molecule has 1 aliphatic heterocycles. The molecule has 0 aromatic carbocycles. The van der Waals surface area contributed by atoms with E-state index in [1.165, 1.54) is 22.9 Å². The summed E-state index contributed by atoms with van der Waals surface area (Å²) in [5.74, 6) is 1.67. The van der Waals surface area contributed by atoms with Crippen LogP contribution in [0.4, 0.5) is 5.13 Å². The fraction of sp³-hybridized carbons (Fsp3) is 0.562. The highest BCUT2D eigenvalue weighted by molar-refractivity contribution is 7.91. The van der Waals surface area contributed by atoms with E-state index in [1.54, 1.807) is 24.6 Å². The molecule has 0 bridgehead atoms. The van der Waals surface area contributed by atoms with Crippen LogP contribution in [0.1, 0.15) is 12.7 Å². The van der Waals surface area contributed by atoms with Gasteiger partial charge in [0.15, 0.2) is 5.96 Å². The molecule has 9 nitrogen and oxygen atoms in total. The lowest BCUT2D eigenvalue weighted by Gasteiger charge is -2.36. The van der Waals surface area contributed by atoms with Gasteiger partial charge in [-0.3, -0.25) is 4.99 Å². The van der Waals surface area contributed by atoms with E-state index in [0.717, 1.165) is 49.5 Å². The van der Waals surface area contributed by atoms with Gasteiger partial charge in [0.05, 0.1) is 0 Å². The van der Waals surface area contributed by atoms with Gasteiger partial charge in [-0.1, -0.05) is 13.0 Å². The molecule has 1 saturated heterocycles. The number of piperazine rings is 1. The molecule has 0 saturated carbocycles. The summed E-state index contributed by atoms with van der Waals surface area (Å²) in [6, 6.07) is 3.32. The van der Waals surface area contributed by atoms with Crippen LogP contribution < -0.4 is 14.9 Å². The van der Waals surface area contributed by atoms with Gasteiger partial charge in [0.25, 0.3) is 0 Å². The third kappa shape index (κ3) is 5.19. The molecule has 0 atom stereocenters. The Balaban J connectivity index is 1.43. The highest BCUT2D eigenvalue weighted by Crippen LogP contribution is 2.19. The molecule has 0 amide bonds. The third-order valence-corrected chi connectivity index (χ3v) is 7.97. The zero-order valence-corrected chi connectivity index (χ0v) is 18.4. The molecule has 2 aromatic heterocycles. The van der Waals surface area contributed by atoms with Gasteiger partial charge in [0.1, 0.15) is 10.0 Å². The summed E-state index contributed by atoms with van der Waals surface area (Å²) in [5.41, 5.74) is 0. The number of rotatable bonds is 7. The van der Waals surface area contributed by atoms with Crippen LogP contribution in [-0.4, -0.2) is 75.0 Å². The topological polar surface area (TPSA) is 103 Å². The minimum absolute atomic E-state index is 0.295. The lowest BCUT2D eigenvalue weighted by molar-refractivity contribution is 0.372. The van der Waals surface area contributed by atoms with Crippen molar-refractivity contribution in [2.24, 2.45) is 4.99 Å². The number of nitrogens with zero attached hydrogens (tertiary/aromatic N) is 5. The van der Waals surface area contributed by atoms with Crippen LogP contribution in [0, 0.1) is 0 Å². The largest absolute Gasteiger partial charge is 0.355 e. The molecule has 0 radical (unpaired) electrons. The van der Waals surface area contributed by atoms with Gasteiger partial charge < -0.3 is 15.1 Å². The fourth-order valence-electron chi connectivity index (χ4n) is 2.81. The van der Waals surface area contributed by atoms with Crippen molar-refractivity contribution < 1.29 is 8.42 Å². The molecule has 12 heteroatoms. The van der Waals surface area contributed by atoms with E-state index in [0.29, 0.717) is 17.3 Å². The Morgan fingerprint density at radius 2 is 2.07 bits per heavy atom. The summed E-state index contributed by atoms with van der Waals surface area (Å²) >= 11 is 2.66. The normalized spacial score (nSPS) is 15.9. The average molecular weight is 444 g/mol. The molecule has 2 N–H and O–H groups in total.